The first-order valence-corrected chi connectivity index (χ1v) is 15.8. The van der Waals surface area contributed by atoms with Crippen molar-refractivity contribution >= 4 is 6.09 Å². The van der Waals surface area contributed by atoms with E-state index < -0.39 is 11.7 Å². The number of likely N-dealkylation sites (tertiary alicyclic amines) is 1. The molecule has 11 atom stereocenters. The highest BCUT2D eigenvalue weighted by molar-refractivity contribution is 5.68. The molecule has 0 radical (unpaired) electrons. The molecule has 7 unspecified atom stereocenters. The molecule has 2 heterocycles. The molecule has 2 spiro atoms. The van der Waals surface area contributed by atoms with Crippen LogP contribution in [0.1, 0.15) is 105 Å². The molecule has 7 fully saturated rings. The van der Waals surface area contributed by atoms with Gasteiger partial charge in [0.2, 0.25) is 0 Å². The van der Waals surface area contributed by atoms with Crippen molar-refractivity contribution in [3.05, 3.63) is 0 Å². The summed E-state index contributed by atoms with van der Waals surface area (Å²) in [6.07, 6.45) is 12.1. The molecular weight excluding hydrogens is 478 g/mol. The molecule has 214 valence electrons. The first kappa shape index (κ1) is 26.1. The average Bonchev–Trinajstić information content (AvgIpc) is 3.38. The average molecular weight is 530 g/mol. The summed E-state index contributed by atoms with van der Waals surface area (Å²) in [4.78, 5) is 14.6. The Hall–Kier alpha value is -0.850. The van der Waals surface area contributed by atoms with Gasteiger partial charge in [-0.2, -0.15) is 0 Å². The fraction of sp³-hybridized carbons (Fsp3) is 0.969. The molecule has 1 amide bonds. The van der Waals surface area contributed by atoms with Crippen LogP contribution in [0.15, 0.2) is 0 Å². The molecule has 2 aliphatic heterocycles. The highest BCUT2D eigenvalue weighted by Crippen LogP contribution is 2.87. The maximum absolute atomic E-state index is 12.7. The monoisotopic (exact) mass is 529 g/mol. The molecule has 7 rings (SSSR count). The second-order valence-corrected chi connectivity index (χ2v) is 16.1. The van der Waals surface area contributed by atoms with E-state index in [1.165, 1.54) is 38.5 Å². The summed E-state index contributed by atoms with van der Waals surface area (Å²) in [7, 11) is 0. The summed E-state index contributed by atoms with van der Waals surface area (Å²) in [6, 6.07) is 0. The summed E-state index contributed by atoms with van der Waals surface area (Å²) in [5.41, 5.74) is 0.144. The Balaban J connectivity index is 1.09. The summed E-state index contributed by atoms with van der Waals surface area (Å²) < 4.78 is 12.8. The van der Waals surface area contributed by atoms with Crippen LogP contribution in [0.4, 0.5) is 4.79 Å². The van der Waals surface area contributed by atoms with Crippen molar-refractivity contribution in [3.8, 4) is 0 Å². The Morgan fingerprint density at radius 1 is 0.974 bits per heavy atom. The van der Waals surface area contributed by atoms with Gasteiger partial charge in [0.25, 0.3) is 0 Å². The van der Waals surface area contributed by atoms with Crippen molar-refractivity contribution < 1.29 is 24.5 Å². The van der Waals surface area contributed by atoms with E-state index in [1.54, 1.807) is 13.8 Å². The highest BCUT2D eigenvalue weighted by Gasteiger charge is 2.81. The molecule has 5 aliphatic carbocycles. The Bertz CT molecular complexity index is 987. The van der Waals surface area contributed by atoms with Crippen molar-refractivity contribution in [2.45, 2.75) is 135 Å². The van der Waals surface area contributed by atoms with E-state index in [9.17, 15) is 15.0 Å². The van der Waals surface area contributed by atoms with Gasteiger partial charge in [-0.1, -0.05) is 20.8 Å². The van der Waals surface area contributed by atoms with Crippen LogP contribution in [0.25, 0.3) is 0 Å². The van der Waals surface area contributed by atoms with Gasteiger partial charge in [0.05, 0.1) is 17.8 Å². The second-order valence-electron chi connectivity index (χ2n) is 16.1. The smallest absolute Gasteiger partial charge is 0.410 e. The first-order valence-electron chi connectivity index (χ1n) is 15.8. The molecule has 0 bridgehead atoms. The fourth-order valence-electron chi connectivity index (χ4n) is 11.8. The number of fused-ring (bicyclic) bond motifs is 4. The molecule has 0 aromatic rings. The maximum Gasteiger partial charge on any atom is 0.410 e. The molecule has 2 N–H and O–H groups in total. The quantitative estimate of drug-likeness (QED) is 0.502. The summed E-state index contributed by atoms with van der Waals surface area (Å²) in [5.74, 6) is 2.70. The molecular formula is C32H51NO5. The first-order chi connectivity index (χ1) is 17.8. The van der Waals surface area contributed by atoms with Gasteiger partial charge in [0, 0.05) is 18.5 Å². The zero-order chi connectivity index (χ0) is 26.9. The summed E-state index contributed by atoms with van der Waals surface area (Å²) >= 11 is 0. The van der Waals surface area contributed by atoms with Gasteiger partial charge in [-0.05, 0) is 124 Å². The van der Waals surface area contributed by atoms with Crippen LogP contribution in [0.3, 0.4) is 0 Å². The van der Waals surface area contributed by atoms with E-state index in [-0.39, 0.29) is 29.8 Å². The minimum Gasteiger partial charge on any atom is -0.446 e. The lowest BCUT2D eigenvalue weighted by Gasteiger charge is -2.59. The number of rotatable bonds is 3. The van der Waals surface area contributed by atoms with Gasteiger partial charge in [0.1, 0.15) is 12.2 Å². The molecule has 7 aliphatic rings. The zero-order valence-electron chi connectivity index (χ0n) is 24.4. The number of hydrogen-bond donors (Lipinski definition) is 2. The number of amides is 1. The number of nitrogens with zero attached hydrogens (tertiary/aromatic N) is 1. The van der Waals surface area contributed by atoms with Crippen molar-refractivity contribution in [3.63, 3.8) is 0 Å². The van der Waals surface area contributed by atoms with Crippen LogP contribution in [0, 0.1) is 45.3 Å². The van der Waals surface area contributed by atoms with Gasteiger partial charge < -0.3 is 24.6 Å². The second kappa shape index (κ2) is 8.12. The number of ether oxygens (including phenoxy) is 2. The van der Waals surface area contributed by atoms with Gasteiger partial charge in [0.15, 0.2) is 0 Å². The van der Waals surface area contributed by atoms with Crippen molar-refractivity contribution in [2.75, 3.05) is 13.1 Å². The lowest BCUT2D eigenvalue weighted by atomic mass is 9.46. The van der Waals surface area contributed by atoms with E-state index in [0.29, 0.717) is 34.0 Å². The molecule has 6 nitrogen and oxygen atoms in total. The number of hydrogen-bond acceptors (Lipinski definition) is 5. The molecule has 5 saturated carbocycles. The van der Waals surface area contributed by atoms with Gasteiger partial charge in [-0.15, -0.1) is 0 Å². The molecule has 0 aromatic carbocycles. The molecule has 2 saturated heterocycles. The standard InChI is InChI=1S/C32H51NO5/c1-28(2)24-10-8-19-21-17-23-20(7-9-22(37-23)26(34)29(3,4)36)30(21,5)13-14-31(19)18-32(24,31)12-11-25(28)38-27(35)33-15-6-16-33/h19-26,34,36H,6-18H2,1-5H3/t19?,20?,21?,22?,23?,24?,25-,26-,30+,31-,32?/m0/s1. The summed E-state index contributed by atoms with van der Waals surface area (Å²) in [6.45, 7) is 12.5. The van der Waals surface area contributed by atoms with E-state index in [2.05, 4.69) is 20.8 Å². The molecule has 38 heavy (non-hydrogen) atoms. The Labute approximate surface area is 229 Å². The third-order valence-electron chi connectivity index (χ3n) is 14.0. The summed E-state index contributed by atoms with van der Waals surface area (Å²) in [5, 5.41) is 21.2. The SMILES string of the molecule is CC(C)(O)[C@@H](O)C1CCC2C(CC3C4CCC5C(C)(C)[C@@H](OC(=O)N6CCC6)CCC56C[C@@]46CC[C@]23C)O1. The normalized spacial score (nSPS) is 51.3. The van der Waals surface area contributed by atoms with E-state index in [0.717, 1.165) is 51.1 Å². The van der Waals surface area contributed by atoms with E-state index in [1.807, 2.05) is 4.90 Å². The Morgan fingerprint density at radius 2 is 1.71 bits per heavy atom. The number of carbonyl (C=O) groups excluding carboxylic acids is 1. The third-order valence-corrected chi connectivity index (χ3v) is 14.0. The largest absolute Gasteiger partial charge is 0.446 e. The van der Waals surface area contributed by atoms with Crippen LogP contribution in [-0.2, 0) is 9.47 Å². The minimum absolute atomic E-state index is 0.0290. The number of aliphatic hydroxyl groups excluding tert-OH is 1. The van der Waals surface area contributed by atoms with Crippen LogP contribution < -0.4 is 0 Å². The molecule has 6 heteroatoms. The minimum atomic E-state index is -1.13. The van der Waals surface area contributed by atoms with Crippen molar-refractivity contribution in [2.24, 2.45) is 45.3 Å². The topological polar surface area (TPSA) is 79.2 Å². The number of carbonyl (C=O) groups is 1. The van der Waals surface area contributed by atoms with Gasteiger partial charge in [-0.3, -0.25) is 0 Å². The predicted octanol–water partition coefficient (Wildman–Crippen LogP) is 5.54. The maximum atomic E-state index is 12.7. The Kier molecular flexibility index (Phi) is 5.57. The van der Waals surface area contributed by atoms with Crippen LogP contribution in [0.2, 0.25) is 0 Å². The van der Waals surface area contributed by atoms with Crippen molar-refractivity contribution in [1.82, 2.24) is 4.90 Å². The Morgan fingerprint density at radius 3 is 2.39 bits per heavy atom. The fourth-order valence-corrected chi connectivity index (χ4v) is 11.8. The van der Waals surface area contributed by atoms with E-state index >= 15 is 0 Å². The van der Waals surface area contributed by atoms with Crippen molar-refractivity contribution in [1.29, 1.82) is 0 Å². The third kappa shape index (κ3) is 3.32. The van der Waals surface area contributed by atoms with Crippen LogP contribution in [-0.4, -0.2) is 64.3 Å². The number of aliphatic hydroxyl groups is 2. The van der Waals surface area contributed by atoms with E-state index in [4.69, 9.17) is 9.47 Å². The van der Waals surface area contributed by atoms with Crippen LogP contribution in [0.5, 0.6) is 0 Å². The lowest BCUT2D eigenvalue weighted by molar-refractivity contribution is -0.177. The predicted molar refractivity (Wildman–Crippen MR) is 144 cm³/mol. The van der Waals surface area contributed by atoms with Gasteiger partial charge in [-0.25, -0.2) is 4.79 Å². The molecule has 0 aromatic heterocycles. The van der Waals surface area contributed by atoms with Gasteiger partial charge >= 0.3 is 6.09 Å². The van der Waals surface area contributed by atoms with Crippen LogP contribution >= 0.6 is 0 Å². The highest BCUT2D eigenvalue weighted by atomic mass is 16.6. The zero-order valence-corrected chi connectivity index (χ0v) is 24.4. The lowest BCUT2D eigenvalue weighted by Crippen LogP contribution is -2.56.